The van der Waals surface area contributed by atoms with Gasteiger partial charge in [0.15, 0.2) is 11.0 Å². The highest BCUT2D eigenvalue weighted by atomic mass is 35.5. The molecule has 182 valence electrons. The van der Waals surface area contributed by atoms with Crippen molar-refractivity contribution < 1.29 is 17.8 Å². The van der Waals surface area contributed by atoms with E-state index in [9.17, 15) is 8.42 Å². The summed E-state index contributed by atoms with van der Waals surface area (Å²) in [5.74, 6) is 0.794. The van der Waals surface area contributed by atoms with E-state index < -0.39 is 10.0 Å². The minimum absolute atomic E-state index is 0.102. The Hall–Kier alpha value is -2.79. The lowest BCUT2D eigenvalue weighted by Crippen LogP contribution is -2.48. The fourth-order valence-electron chi connectivity index (χ4n) is 3.99. The smallest absolute Gasteiger partial charge is 0.245 e. The first-order valence-corrected chi connectivity index (χ1v) is 13.8. The van der Waals surface area contributed by atoms with Crippen LogP contribution in [0.4, 0.5) is 5.69 Å². The topological polar surface area (TPSA) is 88.8 Å². The van der Waals surface area contributed by atoms with Gasteiger partial charge >= 0.3 is 0 Å². The van der Waals surface area contributed by atoms with Gasteiger partial charge in [-0.25, -0.2) is 13.0 Å². The van der Waals surface area contributed by atoms with Gasteiger partial charge in [-0.3, -0.25) is 0 Å². The molecule has 1 aliphatic rings. The summed E-state index contributed by atoms with van der Waals surface area (Å²) in [7, 11) is -3.78. The van der Waals surface area contributed by atoms with Crippen LogP contribution in [0.1, 0.15) is 6.92 Å². The van der Waals surface area contributed by atoms with Crippen LogP contribution in [0.5, 0.6) is 5.75 Å². The summed E-state index contributed by atoms with van der Waals surface area (Å²) < 4.78 is 39.0. The number of piperazine rings is 1. The van der Waals surface area contributed by atoms with Crippen molar-refractivity contribution in [1.29, 1.82) is 0 Å². The van der Waals surface area contributed by atoms with E-state index in [0.29, 0.717) is 43.3 Å². The molecule has 2 heterocycles. The minimum atomic E-state index is -3.78. The highest BCUT2D eigenvalue weighted by molar-refractivity contribution is 7.99. The molecule has 1 aromatic heterocycles. The van der Waals surface area contributed by atoms with Crippen LogP contribution in [0.3, 0.4) is 0 Å². The summed E-state index contributed by atoms with van der Waals surface area (Å²) >= 11 is 7.44. The fraction of sp³-hybridized carbons (Fsp3) is 0.250. The summed E-state index contributed by atoms with van der Waals surface area (Å²) in [4.78, 5) is 3.97. The molecule has 0 amide bonds. The Morgan fingerprint density at radius 1 is 0.943 bits per heavy atom. The summed E-state index contributed by atoms with van der Waals surface area (Å²) in [6, 6.07) is 18.6. The molecule has 0 saturated carbocycles. The van der Waals surface area contributed by atoms with E-state index in [2.05, 4.69) is 15.2 Å². The van der Waals surface area contributed by atoms with Crippen LogP contribution in [0.2, 0.25) is 5.02 Å². The first kappa shape index (κ1) is 23.9. The maximum Gasteiger partial charge on any atom is 0.245 e. The molecule has 1 aliphatic heterocycles. The average Bonchev–Trinajstić information content (AvgIpc) is 3.36. The number of rotatable bonds is 7. The van der Waals surface area contributed by atoms with E-state index in [1.165, 1.54) is 16.1 Å². The fourth-order valence-corrected chi connectivity index (χ4v) is 6.55. The third-order valence-electron chi connectivity index (χ3n) is 5.75. The number of aromatic nitrogens is 2. The minimum Gasteiger partial charge on any atom is -0.494 e. The Balaban J connectivity index is 1.35. The van der Waals surface area contributed by atoms with Gasteiger partial charge < -0.3 is 9.64 Å². The van der Waals surface area contributed by atoms with Crippen molar-refractivity contribution in [2.45, 2.75) is 21.6 Å². The van der Waals surface area contributed by atoms with Crippen molar-refractivity contribution >= 4 is 50.1 Å². The zero-order valence-electron chi connectivity index (χ0n) is 18.9. The average molecular weight is 531 g/mol. The van der Waals surface area contributed by atoms with E-state index in [1.54, 1.807) is 12.1 Å². The molecule has 0 spiro atoms. The lowest BCUT2D eigenvalue weighted by atomic mass is 10.2. The molecule has 11 heteroatoms. The molecular weight excluding hydrogens is 508 g/mol. The number of sulfonamides is 1. The van der Waals surface area contributed by atoms with Crippen molar-refractivity contribution in [3.05, 3.63) is 65.7 Å². The van der Waals surface area contributed by atoms with E-state index in [1.807, 2.05) is 55.5 Å². The van der Waals surface area contributed by atoms with Gasteiger partial charge in [0.05, 0.1) is 6.61 Å². The molecule has 0 unspecified atom stereocenters. The first-order chi connectivity index (χ1) is 17.0. The number of anilines is 1. The van der Waals surface area contributed by atoms with Crippen molar-refractivity contribution in [3.63, 3.8) is 0 Å². The Bertz CT molecular complexity index is 1420. The highest BCUT2D eigenvalue weighted by Gasteiger charge is 2.32. The normalized spacial score (nSPS) is 15.0. The van der Waals surface area contributed by atoms with Gasteiger partial charge in [0.1, 0.15) is 10.6 Å². The standard InChI is InChI=1S/C24H23ClN4O4S2/c1-2-32-19-7-9-20(10-8-19)34-21-11-12-22(24-23(21)26-33-27-24)35(30,31)29-15-13-28(14-16-29)18-5-3-17(25)4-6-18/h3-12H,2,13-16H2,1H3. The van der Waals surface area contributed by atoms with E-state index >= 15 is 0 Å². The number of hydrogen-bond acceptors (Lipinski definition) is 8. The molecular formula is C24H23ClN4O4S2. The molecule has 0 N–H and O–H groups in total. The maximum absolute atomic E-state index is 13.5. The predicted molar refractivity (Wildman–Crippen MR) is 136 cm³/mol. The van der Waals surface area contributed by atoms with Crippen LogP contribution in [0, 0.1) is 0 Å². The maximum atomic E-state index is 13.5. The Kier molecular flexibility index (Phi) is 6.88. The van der Waals surface area contributed by atoms with Gasteiger partial charge in [-0.2, -0.15) is 4.31 Å². The summed E-state index contributed by atoms with van der Waals surface area (Å²) in [5, 5.41) is 8.62. The number of nitrogens with zero attached hydrogens (tertiary/aromatic N) is 4. The molecule has 1 fully saturated rings. The molecule has 5 rings (SSSR count). The van der Waals surface area contributed by atoms with Crippen molar-refractivity contribution in [2.75, 3.05) is 37.7 Å². The Morgan fingerprint density at radius 2 is 1.63 bits per heavy atom. The molecule has 0 radical (unpaired) electrons. The van der Waals surface area contributed by atoms with Crippen LogP contribution < -0.4 is 9.64 Å². The zero-order chi connectivity index (χ0) is 24.4. The molecule has 0 atom stereocenters. The summed E-state index contributed by atoms with van der Waals surface area (Å²) in [6.07, 6.45) is 0. The monoisotopic (exact) mass is 530 g/mol. The predicted octanol–water partition coefficient (Wildman–Crippen LogP) is 4.94. The Labute approximate surface area is 212 Å². The van der Waals surface area contributed by atoms with Crippen LogP contribution in [0.25, 0.3) is 11.0 Å². The van der Waals surface area contributed by atoms with Gasteiger partial charge in [-0.15, -0.1) is 0 Å². The van der Waals surface area contributed by atoms with Crippen LogP contribution >= 0.6 is 23.4 Å². The van der Waals surface area contributed by atoms with Gasteiger partial charge in [0.25, 0.3) is 0 Å². The number of halogens is 1. The van der Waals surface area contributed by atoms with Crippen molar-refractivity contribution in [1.82, 2.24) is 14.6 Å². The zero-order valence-corrected chi connectivity index (χ0v) is 21.3. The van der Waals surface area contributed by atoms with E-state index in [-0.39, 0.29) is 10.4 Å². The molecule has 3 aromatic carbocycles. The Morgan fingerprint density at radius 3 is 2.31 bits per heavy atom. The van der Waals surface area contributed by atoms with Gasteiger partial charge in [-0.1, -0.05) is 23.4 Å². The molecule has 0 aliphatic carbocycles. The first-order valence-electron chi connectivity index (χ1n) is 11.1. The number of hydrogen-bond donors (Lipinski definition) is 0. The molecule has 4 aromatic rings. The van der Waals surface area contributed by atoms with Gasteiger partial charge in [0.2, 0.25) is 10.0 Å². The summed E-state index contributed by atoms with van der Waals surface area (Å²) in [6.45, 7) is 4.41. The van der Waals surface area contributed by atoms with Crippen LogP contribution in [-0.2, 0) is 10.0 Å². The third-order valence-corrected chi connectivity index (χ3v) is 8.99. The molecule has 35 heavy (non-hydrogen) atoms. The van der Waals surface area contributed by atoms with Crippen LogP contribution in [0.15, 0.2) is 80.0 Å². The lowest BCUT2D eigenvalue weighted by Gasteiger charge is -2.35. The SMILES string of the molecule is CCOc1ccc(Sc2ccc(S(=O)(=O)N3CCN(c4ccc(Cl)cc4)CC3)c3nonc23)cc1. The largest absolute Gasteiger partial charge is 0.494 e. The quantitative estimate of drug-likeness (QED) is 0.332. The van der Waals surface area contributed by atoms with Crippen LogP contribution in [-0.4, -0.2) is 55.8 Å². The van der Waals surface area contributed by atoms with E-state index in [0.717, 1.165) is 21.2 Å². The third kappa shape index (κ3) is 4.97. The van der Waals surface area contributed by atoms with Gasteiger partial charge in [-0.05, 0) is 77.9 Å². The molecule has 8 nitrogen and oxygen atoms in total. The second kappa shape index (κ2) is 10.1. The van der Waals surface area contributed by atoms with Crippen molar-refractivity contribution in [3.8, 4) is 5.75 Å². The second-order valence-corrected chi connectivity index (χ2v) is 11.4. The number of benzene rings is 3. The lowest BCUT2D eigenvalue weighted by molar-refractivity contribution is 0.314. The summed E-state index contributed by atoms with van der Waals surface area (Å²) in [5.41, 5.74) is 1.68. The van der Waals surface area contributed by atoms with Gasteiger partial charge in [0, 0.05) is 46.7 Å². The van der Waals surface area contributed by atoms with Crippen molar-refractivity contribution in [2.24, 2.45) is 0 Å². The van der Waals surface area contributed by atoms with E-state index in [4.69, 9.17) is 21.0 Å². The number of ether oxygens (including phenoxy) is 1. The molecule has 1 saturated heterocycles. The second-order valence-electron chi connectivity index (χ2n) is 7.90. The molecule has 0 bridgehead atoms. The number of fused-ring (bicyclic) bond motifs is 1. The highest BCUT2D eigenvalue weighted by Crippen LogP contribution is 2.36.